The van der Waals surface area contributed by atoms with E-state index in [4.69, 9.17) is 5.11 Å². The van der Waals surface area contributed by atoms with Crippen LogP contribution in [-0.4, -0.2) is 41.1 Å². The first-order valence-electron chi connectivity index (χ1n) is 4.20. The number of H-pyrrole nitrogens is 1. The van der Waals surface area contributed by atoms with Gasteiger partial charge in [0.1, 0.15) is 0 Å². The van der Waals surface area contributed by atoms with Crippen LogP contribution in [0, 0.1) is 0 Å². The van der Waals surface area contributed by atoms with Crippen LogP contribution in [0.25, 0.3) is 0 Å². The molecule has 0 bridgehead atoms. The van der Waals surface area contributed by atoms with Crippen molar-refractivity contribution in [3.8, 4) is 0 Å². The van der Waals surface area contributed by atoms with Gasteiger partial charge in [-0.15, -0.1) is 0 Å². The van der Waals surface area contributed by atoms with E-state index in [1.807, 2.05) is 0 Å². The summed E-state index contributed by atoms with van der Waals surface area (Å²) in [6.45, 7) is 0.164. The Balaban J connectivity index is 2.84. The van der Waals surface area contributed by atoms with Crippen LogP contribution in [0.3, 0.4) is 0 Å². The fourth-order valence-electron chi connectivity index (χ4n) is 1.05. The Bertz CT molecular complexity index is 372. The van der Waals surface area contributed by atoms with Gasteiger partial charge in [-0.2, -0.15) is 0 Å². The minimum absolute atomic E-state index is 0.0918. The van der Waals surface area contributed by atoms with E-state index < -0.39 is 0 Å². The molecule has 5 heteroatoms. The van der Waals surface area contributed by atoms with E-state index in [0.29, 0.717) is 5.56 Å². The molecular weight excluding hydrogens is 184 g/mol. The van der Waals surface area contributed by atoms with E-state index >= 15 is 0 Å². The van der Waals surface area contributed by atoms with Crippen molar-refractivity contribution in [2.24, 2.45) is 0 Å². The Morgan fingerprint density at radius 3 is 2.93 bits per heavy atom. The Kier molecular flexibility index (Phi) is 3.41. The number of nitrogens with one attached hydrogen (secondary N) is 1. The number of hydrogen-bond acceptors (Lipinski definition) is 3. The van der Waals surface area contributed by atoms with Gasteiger partial charge in [-0.3, -0.25) is 9.59 Å². The lowest BCUT2D eigenvalue weighted by molar-refractivity contribution is 0.0766. The van der Waals surface area contributed by atoms with Gasteiger partial charge in [0.05, 0.1) is 6.61 Å². The van der Waals surface area contributed by atoms with E-state index in [2.05, 4.69) is 4.98 Å². The number of aromatic nitrogens is 1. The number of aliphatic hydroxyl groups excluding tert-OH is 1. The lowest BCUT2D eigenvalue weighted by Gasteiger charge is -2.14. The smallest absolute Gasteiger partial charge is 0.253 e. The van der Waals surface area contributed by atoms with Crippen molar-refractivity contribution in [2.45, 2.75) is 0 Å². The highest BCUT2D eigenvalue weighted by atomic mass is 16.3. The van der Waals surface area contributed by atoms with Crippen molar-refractivity contribution < 1.29 is 9.90 Å². The Labute approximate surface area is 81.0 Å². The number of pyridine rings is 1. The average molecular weight is 196 g/mol. The van der Waals surface area contributed by atoms with Gasteiger partial charge in [0.2, 0.25) is 5.56 Å². The van der Waals surface area contributed by atoms with E-state index in [1.54, 1.807) is 7.05 Å². The number of carbonyl (C=O) groups is 1. The second-order valence-corrected chi connectivity index (χ2v) is 2.89. The summed E-state index contributed by atoms with van der Waals surface area (Å²) in [5.41, 5.74) is 0.0120. The van der Waals surface area contributed by atoms with Gasteiger partial charge in [0.25, 0.3) is 5.91 Å². The van der Waals surface area contributed by atoms with Crippen LogP contribution in [0.5, 0.6) is 0 Å². The summed E-state index contributed by atoms with van der Waals surface area (Å²) in [4.78, 5) is 26.2. The number of hydrogen-bond donors (Lipinski definition) is 2. The largest absolute Gasteiger partial charge is 0.395 e. The SMILES string of the molecule is CN(CCO)C(=O)c1cc[nH]c(=O)c1. The maximum Gasteiger partial charge on any atom is 0.253 e. The van der Waals surface area contributed by atoms with Gasteiger partial charge in [-0.25, -0.2) is 0 Å². The van der Waals surface area contributed by atoms with E-state index in [9.17, 15) is 9.59 Å². The maximum absolute atomic E-state index is 11.5. The zero-order chi connectivity index (χ0) is 10.6. The molecule has 0 atom stereocenters. The number of nitrogens with zero attached hydrogens (tertiary/aromatic N) is 1. The molecule has 2 N–H and O–H groups in total. The Hall–Kier alpha value is -1.62. The molecule has 1 aromatic heterocycles. The van der Waals surface area contributed by atoms with Crippen LogP contribution in [0.15, 0.2) is 23.1 Å². The molecule has 0 saturated heterocycles. The zero-order valence-electron chi connectivity index (χ0n) is 7.86. The lowest BCUT2D eigenvalue weighted by atomic mass is 10.2. The predicted octanol–water partition coefficient (Wildman–Crippen LogP) is -0.561. The van der Waals surface area contributed by atoms with Crippen molar-refractivity contribution in [2.75, 3.05) is 20.2 Å². The summed E-state index contributed by atoms with van der Waals surface area (Å²) in [7, 11) is 1.57. The van der Waals surface area contributed by atoms with Crippen molar-refractivity contribution in [3.63, 3.8) is 0 Å². The third-order valence-corrected chi connectivity index (χ3v) is 1.80. The van der Waals surface area contributed by atoms with Crippen LogP contribution in [0.2, 0.25) is 0 Å². The molecule has 0 aliphatic heterocycles. The van der Waals surface area contributed by atoms with Crippen LogP contribution in [-0.2, 0) is 0 Å². The first kappa shape index (κ1) is 10.5. The van der Waals surface area contributed by atoms with Crippen molar-refractivity contribution in [3.05, 3.63) is 34.2 Å². The molecule has 0 aliphatic rings. The minimum Gasteiger partial charge on any atom is -0.395 e. The molecular formula is C9H12N2O3. The Morgan fingerprint density at radius 2 is 2.36 bits per heavy atom. The van der Waals surface area contributed by atoms with Gasteiger partial charge in [0, 0.05) is 31.4 Å². The number of aliphatic hydroxyl groups is 1. The van der Waals surface area contributed by atoms with Gasteiger partial charge < -0.3 is 15.0 Å². The molecule has 1 rings (SSSR count). The highest BCUT2D eigenvalue weighted by molar-refractivity contribution is 5.93. The lowest BCUT2D eigenvalue weighted by Crippen LogP contribution is -2.30. The molecule has 5 nitrogen and oxygen atoms in total. The molecule has 1 aromatic rings. The van der Waals surface area contributed by atoms with Crippen LogP contribution >= 0.6 is 0 Å². The van der Waals surface area contributed by atoms with Crippen molar-refractivity contribution >= 4 is 5.91 Å². The second kappa shape index (κ2) is 4.57. The maximum atomic E-state index is 11.5. The van der Waals surface area contributed by atoms with Crippen LogP contribution in [0.4, 0.5) is 0 Å². The summed E-state index contributed by atoms with van der Waals surface area (Å²) in [5, 5.41) is 8.63. The number of amides is 1. The molecule has 0 radical (unpaired) electrons. The molecule has 1 amide bonds. The molecule has 76 valence electrons. The van der Waals surface area contributed by atoms with Crippen LogP contribution in [0.1, 0.15) is 10.4 Å². The molecule has 1 heterocycles. The van der Waals surface area contributed by atoms with Crippen molar-refractivity contribution in [1.29, 1.82) is 0 Å². The quantitative estimate of drug-likeness (QED) is 0.680. The molecule has 14 heavy (non-hydrogen) atoms. The predicted molar refractivity (Wildman–Crippen MR) is 51.1 cm³/mol. The second-order valence-electron chi connectivity index (χ2n) is 2.89. The number of rotatable bonds is 3. The highest BCUT2D eigenvalue weighted by Gasteiger charge is 2.10. The summed E-state index contributed by atoms with van der Waals surface area (Å²) in [6.07, 6.45) is 1.42. The van der Waals surface area contributed by atoms with E-state index in [1.165, 1.54) is 23.2 Å². The summed E-state index contributed by atoms with van der Waals surface area (Å²) in [6, 6.07) is 2.76. The Morgan fingerprint density at radius 1 is 1.64 bits per heavy atom. The number of likely N-dealkylation sites (N-methyl/N-ethyl adjacent to an activating group) is 1. The molecule has 0 spiro atoms. The normalized spacial score (nSPS) is 9.86. The van der Waals surface area contributed by atoms with Gasteiger partial charge in [0.15, 0.2) is 0 Å². The fraction of sp³-hybridized carbons (Fsp3) is 0.333. The summed E-state index contributed by atoms with van der Waals surface area (Å²) >= 11 is 0. The average Bonchev–Trinajstić information content (AvgIpc) is 2.17. The van der Waals surface area contributed by atoms with Gasteiger partial charge >= 0.3 is 0 Å². The number of aromatic amines is 1. The third kappa shape index (κ3) is 2.43. The van der Waals surface area contributed by atoms with Gasteiger partial charge in [-0.05, 0) is 6.07 Å². The summed E-state index contributed by atoms with van der Waals surface area (Å²) < 4.78 is 0. The zero-order valence-corrected chi connectivity index (χ0v) is 7.86. The van der Waals surface area contributed by atoms with Gasteiger partial charge in [-0.1, -0.05) is 0 Å². The third-order valence-electron chi connectivity index (χ3n) is 1.80. The monoisotopic (exact) mass is 196 g/mol. The minimum atomic E-state index is -0.312. The molecule has 0 aromatic carbocycles. The number of carbonyl (C=O) groups excluding carboxylic acids is 1. The fourth-order valence-corrected chi connectivity index (χ4v) is 1.05. The first-order valence-corrected chi connectivity index (χ1v) is 4.20. The van der Waals surface area contributed by atoms with Crippen LogP contribution < -0.4 is 5.56 Å². The molecule has 0 saturated carbocycles. The van der Waals surface area contributed by atoms with Crippen molar-refractivity contribution in [1.82, 2.24) is 9.88 Å². The molecule has 0 fully saturated rings. The topological polar surface area (TPSA) is 73.4 Å². The van der Waals surface area contributed by atoms with E-state index in [-0.39, 0.29) is 24.6 Å². The van der Waals surface area contributed by atoms with E-state index in [0.717, 1.165) is 0 Å². The standard InChI is InChI=1S/C9H12N2O3/c1-11(4-5-12)9(14)7-2-3-10-8(13)6-7/h2-3,6,12H,4-5H2,1H3,(H,10,13). The molecule has 0 unspecified atom stereocenters. The first-order chi connectivity index (χ1) is 6.65. The highest BCUT2D eigenvalue weighted by Crippen LogP contribution is 1.98. The molecule has 0 aliphatic carbocycles. The summed E-state index contributed by atoms with van der Waals surface area (Å²) in [5.74, 6) is -0.273.